The van der Waals surface area contributed by atoms with Gasteiger partial charge < -0.3 is 0 Å². The molecule has 0 unspecified atom stereocenters. The molecule has 19 heavy (non-hydrogen) atoms. The molecule has 0 aliphatic carbocycles. The molecule has 0 aliphatic rings. The van der Waals surface area contributed by atoms with Crippen molar-refractivity contribution in [3.05, 3.63) is 52.0 Å². The van der Waals surface area contributed by atoms with Crippen LogP contribution in [-0.4, -0.2) is 19.8 Å². The highest BCUT2D eigenvalue weighted by Crippen LogP contribution is 2.22. The number of sulfonamides is 1. The van der Waals surface area contributed by atoms with Gasteiger partial charge in [-0.2, -0.15) is 4.31 Å². The van der Waals surface area contributed by atoms with Crippen LogP contribution < -0.4 is 0 Å². The lowest BCUT2D eigenvalue weighted by Crippen LogP contribution is -2.26. The van der Waals surface area contributed by atoms with Crippen LogP contribution in [0.1, 0.15) is 10.4 Å². The quantitative estimate of drug-likeness (QED) is 0.870. The van der Waals surface area contributed by atoms with Crippen LogP contribution in [0.25, 0.3) is 0 Å². The van der Waals surface area contributed by atoms with E-state index in [1.54, 1.807) is 6.92 Å². The van der Waals surface area contributed by atoms with Gasteiger partial charge in [0.1, 0.15) is 5.82 Å². The van der Waals surface area contributed by atoms with Crippen LogP contribution in [-0.2, 0) is 16.6 Å². The van der Waals surface area contributed by atoms with Crippen molar-refractivity contribution >= 4 is 21.4 Å². The fourth-order valence-electron chi connectivity index (χ4n) is 1.78. The number of hydrogen-bond acceptors (Lipinski definition) is 3. The van der Waals surface area contributed by atoms with E-state index in [-0.39, 0.29) is 4.90 Å². The average Bonchev–Trinajstić information content (AvgIpc) is 2.81. The minimum Gasteiger partial charge on any atom is -0.207 e. The monoisotopic (exact) mass is 299 g/mol. The standard InChI is InChI=1S/C13H14FNO2S2/c1-10-8-11(14)5-6-13(10)19(16,17)15(2)9-12-4-3-7-18-12/h3-8H,9H2,1-2H3. The fourth-order valence-corrected chi connectivity index (χ4v) is 3.97. The molecule has 0 radical (unpaired) electrons. The van der Waals surface area contributed by atoms with E-state index in [1.165, 1.54) is 40.9 Å². The summed E-state index contributed by atoms with van der Waals surface area (Å²) < 4.78 is 39.1. The number of rotatable bonds is 4. The van der Waals surface area contributed by atoms with Crippen LogP contribution in [0, 0.1) is 12.7 Å². The first-order chi connectivity index (χ1) is 8.91. The van der Waals surface area contributed by atoms with Crippen molar-refractivity contribution in [2.24, 2.45) is 0 Å². The Hall–Kier alpha value is -1.24. The third-order valence-corrected chi connectivity index (χ3v) is 5.61. The first kappa shape index (κ1) is 14.2. The van der Waals surface area contributed by atoms with Crippen molar-refractivity contribution in [3.8, 4) is 0 Å². The summed E-state index contributed by atoms with van der Waals surface area (Å²) in [5.74, 6) is -0.433. The summed E-state index contributed by atoms with van der Waals surface area (Å²) in [7, 11) is -2.06. The summed E-state index contributed by atoms with van der Waals surface area (Å²) >= 11 is 1.50. The summed E-state index contributed by atoms with van der Waals surface area (Å²) in [5, 5.41) is 1.90. The molecule has 0 N–H and O–H groups in total. The predicted octanol–water partition coefficient (Wildman–Crippen LogP) is 3.02. The highest BCUT2D eigenvalue weighted by Gasteiger charge is 2.23. The number of thiophene rings is 1. The Morgan fingerprint density at radius 2 is 2.05 bits per heavy atom. The Morgan fingerprint density at radius 1 is 1.32 bits per heavy atom. The van der Waals surface area contributed by atoms with Gasteiger partial charge in [-0.15, -0.1) is 11.3 Å². The van der Waals surface area contributed by atoms with Gasteiger partial charge in [-0.05, 0) is 42.1 Å². The SMILES string of the molecule is Cc1cc(F)ccc1S(=O)(=O)N(C)Cc1cccs1. The van der Waals surface area contributed by atoms with Gasteiger partial charge in [0.15, 0.2) is 0 Å². The van der Waals surface area contributed by atoms with Gasteiger partial charge in [0.2, 0.25) is 10.0 Å². The predicted molar refractivity (Wildman–Crippen MR) is 74.1 cm³/mol. The third-order valence-electron chi connectivity index (χ3n) is 2.78. The number of benzene rings is 1. The molecule has 6 heteroatoms. The smallest absolute Gasteiger partial charge is 0.207 e. The lowest BCUT2D eigenvalue weighted by Gasteiger charge is -2.17. The summed E-state index contributed by atoms with van der Waals surface area (Å²) in [6.07, 6.45) is 0. The van der Waals surface area contributed by atoms with E-state index in [9.17, 15) is 12.8 Å². The van der Waals surface area contributed by atoms with E-state index < -0.39 is 15.8 Å². The number of nitrogens with zero attached hydrogens (tertiary/aromatic N) is 1. The third kappa shape index (κ3) is 3.02. The maximum absolute atomic E-state index is 13.0. The van der Waals surface area contributed by atoms with Gasteiger partial charge in [-0.1, -0.05) is 6.07 Å². The van der Waals surface area contributed by atoms with Crippen LogP contribution in [0.4, 0.5) is 4.39 Å². The van der Waals surface area contributed by atoms with Crippen molar-refractivity contribution in [3.63, 3.8) is 0 Å². The second kappa shape index (κ2) is 5.40. The molecule has 1 aromatic carbocycles. The number of halogens is 1. The first-order valence-electron chi connectivity index (χ1n) is 5.66. The molecule has 0 amide bonds. The Labute approximate surface area is 116 Å². The fraction of sp³-hybridized carbons (Fsp3) is 0.231. The van der Waals surface area contributed by atoms with E-state index in [0.717, 1.165) is 4.88 Å². The lowest BCUT2D eigenvalue weighted by atomic mass is 10.2. The molecule has 1 aromatic heterocycles. The van der Waals surface area contributed by atoms with E-state index in [2.05, 4.69) is 0 Å². The largest absolute Gasteiger partial charge is 0.243 e. The van der Waals surface area contributed by atoms with Gasteiger partial charge in [-0.25, -0.2) is 12.8 Å². The van der Waals surface area contributed by atoms with Crippen LogP contribution in [0.3, 0.4) is 0 Å². The Bertz CT molecular complexity index is 666. The van der Waals surface area contributed by atoms with Crippen molar-refractivity contribution in [1.29, 1.82) is 0 Å². The zero-order valence-electron chi connectivity index (χ0n) is 10.6. The molecule has 0 aliphatic heterocycles. The van der Waals surface area contributed by atoms with E-state index >= 15 is 0 Å². The maximum atomic E-state index is 13.0. The zero-order chi connectivity index (χ0) is 14.0. The van der Waals surface area contributed by atoms with Crippen LogP contribution in [0.5, 0.6) is 0 Å². The van der Waals surface area contributed by atoms with Gasteiger partial charge in [-0.3, -0.25) is 0 Å². The second-order valence-corrected chi connectivity index (χ2v) is 7.30. The van der Waals surface area contributed by atoms with E-state index in [1.807, 2.05) is 17.5 Å². The van der Waals surface area contributed by atoms with Crippen molar-refractivity contribution < 1.29 is 12.8 Å². The van der Waals surface area contributed by atoms with Crippen LogP contribution >= 0.6 is 11.3 Å². The van der Waals surface area contributed by atoms with Gasteiger partial charge in [0.25, 0.3) is 0 Å². The van der Waals surface area contributed by atoms with Gasteiger partial charge >= 0.3 is 0 Å². The molecule has 2 rings (SSSR count). The highest BCUT2D eigenvalue weighted by atomic mass is 32.2. The molecule has 0 saturated carbocycles. The molecule has 3 nitrogen and oxygen atoms in total. The lowest BCUT2D eigenvalue weighted by molar-refractivity contribution is 0.469. The molecule has 0 saturated heterocycles. The molecular formula is C13H14FNO2S2. The van der Waals surface area contributed by atoms with Crippen molar-refractivity contribution in [2.75, 3.05) is 7.05 Å². The Balaban J connectivity index is 2.31. The summed E-state index contributed by atoms with van der Waals surface area (Å²) in [6.45, 7) is 1.91. The van der Waals surface area contributed by atoms with Crippen molar-refractivity contribution in [1.82, 2.24) is 4.31 Å². The summed E-state index contributed by atoms with van der Waals surface area (Å²) in [6, 6.07) is 7.47. The van der Waals surface area contributed by atoms with E-state index in [4.69, 9.17) is 0 Å². The molecule has 0 bridgehead atoms. The minimum absolute atomic E-state index is 0.146. The van der Waals surface area contributed by atoms with Crippen LogP contribution in [0.2, 0.25) is 0 Å². The maximum Gasteiger partial charge on any atom is 0.243 e. The number of hydrogen-bond donors (Lipinski definition) is 0. The first-order valence-corrected chi connectivity index (χ1v) is 7.98. The molecule has 0 fully saturated rings. The number of aryl methyl sites for hydroxylation is 1. The molecule has 0 spiro atoms. The van der Waals surface area contributed by atoms with Crippen LogP contribution in [0.15, 0.2) is 40.6 Å². The second-order valence-electron chi connectivity index (χ2n) is 4.25. The molecular weight excluding hydrogens is 285 g/mol. The zero-order valence-corrected chi connectivity index (χ0v) is 12.3. The Morgan fingerprint density at radius 3 is 2.63 bits per heavy atom. The van der Waals surface area contributed by atoms with Gasteiger partial charge in [0.05, 0.1) is 4.90 Å². The highest BCUT2D eigenvalue weighted by molar-refractivity contribution is 7.89. The molecule has 2 aromatic rings. The molecule has 1 heterocycles. The average molecular weight is 299 g/mol. The molecule has 0 atom stereocenters. The topological polar surface area (TPSA) is 37.4 Å². The normalized spacial score (nSPS) is 12.0. The summed E-state index contributed by atoms with van der Waals surface area (Å²) in [4.78, 5) is 1.11. The Kier molecular flexibility index (Phi) is 4.03. The molecule has 102 valence electrons. The van der Waals surface area contributed by atoms with Gasteiger partial charge in [0, 0.05) is 18.5 Å². The summed E-state index contributed by atoms with van der Waals surface area (Å²) in [5.41, 5.74) is 0.415. The minimum atomic E-state index is -3.59. The van der Waals surface area contributed by atoms with Crippen molar-refractivity contribution in [2.45, 2.75) is 18.4 Å². The van der Waals surface area contributed by atoms with E-state index in [0.29, 0.717) is 12.1 Å².